The molecule has 5 heteroatoms. The van der Waals surface area contributed by atoms with Gasteiger partial charge >= 0.3 is 5.97 Å². The highest BCUT2D eigenvalue weighted by Gasteiger charge is 2.59. The van der Waals surface area contributed by atoms with Crippen molar-refractivity contribution in [3.05, 3.63) is 36.3 Å². The van der Waals surface area contributed by atoms with E-state index in [1.807, 2.05) is 0 Å². The van der Waals surface area contributed by atoms with Crippen molar-refractivity contribution in [3.63, 3.8) is 0 Å². The summed E-state index contributed by atoms with van der Waals surface area (Å²) in [7, 11) is 0. The smallest absolute Gasteiger partial charge is 0.306 e. The Hall–Kier alpha value is -2.17. The summed E-state index contributed by atoms with van der Waals surface area (Å²) in [6.07, 6.45) is 3.51. The molecule has 1 aromatic carbocycles. The van der Waals surface area contributed by atoms with Crippen LogP contribution in [0.15, 0.2) is 30.5 Å². The molecule has 0 aliphatic heterocycles. The van der Waals surface area contributed by atoms with Crippen molar-refractivity contribution in [2.24, 2.45) is 23.7 Å². The van der Waals surface area contributed by atoms with Crippen LogP contribution < -0.4 is 4.74 Å². The van der Waals surface area contributed by atoms with Crippen LogP contribution in [0.4, 0.5) is 4.39 Å². The summed E-state index contributed by atoms with van der Waals surface area (Å²) in [6, 6.07) is 6.25. The highest BCUT2D eigenvalue weighted by Crippen LogP contribution is 2.61. The molecule has 0 amide bonds. The van der Waals surface area contributed by atoms with Crippen LogP contribution in [0.3, 0.4) is 0 Å². The van der Waals surface area contributed by atoms with E-state index in [-0.39, 0.29) is 17.8 Å². The number of carboxylic acids is 1. The van der Waals surface area contributed by atoms with E-state index in [0.29, 0.717) is 34.4 Å². The molecule has 1 aromatic heterocycles. The predicted molar refractivity (Wildman–Crippen MR) is 82.6 cm³/mol. The average Bonchev–Trinajstić information content (AvgIpc) is 3.02. The van der Waals surface area contributed by atoms with Gasteiger partial charge < -0.3 is 9.84 Å². The fourth-order valence-electron chi connectivity index (χ4n) is 4.22. The summed E-state index contributed by atoms with van der Waals surface area (Å²) < 4.78 is 19.6. The van der Waals surface area contributed by atoms with Gasteiger partial charge in [-0.2, -0.15) is 0 Å². The lowest BCUT2D eigenvalue weighted by Gasteiger charge is -2.19. The van der Waals surface area contributed by atoms with Crippen molar-refractivity contribution >= 4 is 16.9 Å². The van der Waals surface area contributed by atoms with Crippen LogP contribution in [0.2, 0.25) is 0 Å². The van der Waals surface area contributed by atoms with Gasteiger partial charge in [0.2, 0.25) is 0 Å². The molecular formula is C18H18FNO3. The van der Waals surface area contributed by atoms with Crippen molar-refractivity contribution in [2.45, 2.75) is 25.9 Å². The fraction of sp³-hybridized carbons (Fsp3) is 0.444. The van der Waals surface area contributed by atoms with Crippen molar-refractivity contribution in [2.75, 3.05) is 0 Å². The lowest BCUT2D eigenvalue weighted by atomic mass is 9.98. The van der Waals surface area contributed by atoms with Gasteiger partial charge in [0, 0.05) is 11.6 Å². The van der Waals surface area contributed by atoms with Crippen molar-refractivity contribution in [1.29, 1.82) is 0 Å². The highest BCUT2D eigenvalue weighted by molar-refractivity contribution is 5.84. The van der Waals surface area contributed by atoms with Crippen LogP contribution in [-0.2, 0) is 4.79 Å². The maximum Gasteiger partial charge on any atom is 0.306 e. The van der Waals surface area contributed by atoms with Crippen LogP contribution in [0.25, 0.3) is 10.9 Å². The molecule has 0 spiro atoms. The Balaban J connectivity index is 1.48. The number of benzene rings is 1. The second-order valence-electron chi connectivity index (χ2n) is 6.71. The third-order valence-corrected chi connectivity index (χ3v) is 5.39. The van der Waals surface area contributed by atoms with Gasteiger partial charge in [-0.25, -0.2) is 4.39 Å². The zero-order valence-corrected chi connectivity index (χ0v) is 12.8. The third kappa shape index (κ3) is 2.44. The summed E-state index contributed by atoms with van der Waals surface area (Å²) in [5, 5.41) is 9.80. The van der Waals surface area contributed by atoms with E-state index >= 15 is 0 Å². The van der Waals surface area contributed by atoms with E-state index < -0.39 is 5.97 Å². The van der Waals surface area contributed by atoms with Gasteiger partial charge in [-0.3, -0.25) is 9.78 Å². The molecular weight excluding hydrogens is 297 g/mol. The molecule has 23 heavy (non-hydrogen) atoms. The number of rotatable bonds is 4. The molecule has 5 atom stereocenters. The van der Waals surface area contributed by atoms with Crippen LogP contribution in [0.5, 0.6) is 5.75 Å². The molecule has 0 radical (unpaired) electrons. The minimum absolute atomic E-state index is 0.0797. The molecule has 4 nitrogen and oxygen atoms in total. The minimum Gasteiger partial charge on any atom is -0.490 e. The number of fused-ring (bicyclic) bond motifs is 2. The minimum atomic E-state index is -0.711. The standard InChI is InChI=1S/C18H18FNO3/c1-9(18(21)22)17-12-7-11(8-13(12)17)23-16-4-5-20-15-3-2-10(19)6-14(15)16/h2-6,9,11-13,17H,7-8H2,1H3,(H,21,22)/t9?,11-,12-,13+,17-. The van der Waals surface area contributed by atoms with Crippen molar-refractivity contribution < 1.29 is 19.0 Å². The number of pyridine rings is 1. The van der Waals surface area contributed by atoms with E-state index in [1.54, 1.807) is 25.3 Å². The van der Waals surface area contributed by atoms with Crippen LogP contribution in [-0.4, -0.2) is 22.2 Å². The Morgan fingerprint density at radius 1 is 1.35 bits per heavy atom. The third-order valence-electron chi connectivity index (χ3n) is 5.39. The molecule has 1 heterocycles. The van der Waals surface area contributed by atoms with E-state index in [0.717, 1.165) is 12.8 Å². The Labute approximate surface area is 133 Å². The first kappa shape index (κ1) is 14.4. The van der Waals surface area contributed by atoms with Gasteiger partial charge in [-0.15, -0.1) is 0 Å². The van der Waals surface area contributed by atoms with Crippen LogP contribution in [0, 0.1) is 29.5 Å². The zero-order chi connectivity index (χ0) is 16.1. The Bertz CT molecular complexity index is 766. The normalized spacial score (nSPS) is 30.0. The van der Waals surface area contributed by atoms with Crippen molar-refractivity contribution in [1.82, 2.24) is 4.98 Å². The number of hydrogen-bond donors (Lipinski definition) is 1. The number of aliphatic carboxylic acids is 1. The molecule has 2 aliphatic rings. The molecule has 120 valence electrons. The molecule has 1 unspecified atom stereocenters. The Morgan fingerprint density at radius 3 is 2.78 bits per heavy atom. The monoisotopic (exact) mass is 315 g/mol. The average molecular weight is 315 g/mol. The summed E-state index contributed by atoms with van der Waals surface area (Å²) in [5.74, 6) is 0.564. The number of carboxylic acid groups (broad SMARTS) is 1. The lowest BCUT2D eigenvalue weighted by molar-refractivity contribution is -0.142. The van der Waals surface area contributed by atoms with Gasteiger partial charge in [0.15, 0.2) is 0 Å². The zero-order valence-electron chi connectivity index (χ0n) is 12.8. The second-order valence-corrected chi connectivity index (χ2v) is 6.71. The van der Waals surface area contributed by atoms with Gasteiger partial charge in [-0.1, -0.05) is 6.92 Å². The van der Waals surface area contributed by atoms with Gasteiger partial charge in [0.05, 0.1) is 17.5 Å². The molecule has 2 saturated carbocycles. The largest absolute Gasteiger partial charge is 0.490 e. The molecule has 1 N–H and O–H groups in total. The fourth-order valence-corrected chi connectivity index (χ4v) is 4.22. The van der Waals surface area contributed by atoms with Crippen molar-refractivity contribution in [3.8, 4) is 5.75 Å². The quantitative estimate of drug-likeness (QED) is 0.938. The van der Waals surface area contributed by atoms with E-state index in [2.05, 4.69) is 4.98 Å². The van der Waals surface area contributed by atoms with E-state index in [4.69, 9.17) is 9.84 Å². The summed E-state index contributed by atoms with van der Waals surface area (Å²) in [4.78, 5) is 15.3. The number of nitrogens with zero attached hydrogens (tertiary/aromatic N) is 1. The maximum absolute atomic E-state index is 13.5. The topological polar surface area (TPSA) is 59.4 Å². The van der Waals surface area contributed by atoms with E-state index in [9.17, 15) is 9.18 Å². The summed E-state index contributed by atoms with van der Waals surface area (Å²) in [5.41, 5.74) is 0.712. The first-order chi connectivity index (χ1) is 11.0. The first-order valence-corrected chi connectivity index (χ1v) is 7.98. The molecule has 2 fully saturated rings. The second kappa shape index (κ2) is 5.18. The molecule has 0 bridgehead atoms. The SMILES string of the molecule is CC(C(=O)O)[C@@H]1[C@@H]2C[C@@H](Oc3ccnc4ccc(F)cc34)C[C@@H]21. The van der Waals surface area contributed by atoms with E-state index in [1.165, 1.54) is 12.1 Å². The Morgan fingerprint density at radius 2 is 2.09 bits per heavy atom. The number of carbonyl (C=O) groups is 1. The van der Waals surface area contributed by atoms with Gasteiger partial charge in [-0.05, 0) is 54.9 Å². The van der Waals surface area contributed by atoms with Crippen LogP contribution >= 0.6 is 0 Å². The number of halogens is 1. The number of ether oxygens (including phenoxy) is 1. The lowest BCUT2D eigenvalue weighted by Crippen LogP contribution is -2.20. The maximum atomic E-state index is 13.5. The Kier molecular flexibility index (Phi) is 3.25. The van der Waals surface area contributed by atoms with Gasteiger partial charge in [0.25, 0.3) is 0 Å². The number of aromatic nitrogens is 1. The molecule has 4 rings (SSSR count). The molecule has 0 saturated heterocycles. The highest BCUT2D eigenvalue weighted by atomic mass is 19.1. The van der Waals surface area contributed by atoms with Gasteiger partial charge in [0.1, 0.15) is 11.6 Å². The first-order valence-electron chi connectivity index (χ1n) is 7.98. The number of hydrogen-bond acceptors (Lipinski definition) is 3. The summed E-state index contributed by atoms with van der Waals surface area (Å²) in [6.45, 7) is 1.79. The van der Waals surface area contributed by atoms with Crippen LogP contribution in [0.1, 0.15) is 19.8 Å². The molecule has 2 aliphatic carbocycles. The summed E-state index contributed by atoms with van der Waals surface area (Å²) >= 11 is 0. The molecule has 2 aromatic rings. The predicted octanol–water partition coefficient (Wildman–Crippen LogP) is 3.50.